The van der Waals surface area contributed by atoms with Crippen LogP contribution < -0.4 is 11.1 Å². The van der Waals surface area contributed by atoms with Crippen molar-refractivity contribution < 1.29 is 0 Å². The molecule has 2 nitrogen and oxygen atoms in total. The molecule has 0 heterocycles. The van der Waals surface area contributed by atoms with E-state index in [1.807, 2.05) is 6.08 Å². The molecule has 0 aromatic heterocycles. The summed E-state index contributed by atoms with van der Waals surface area (Å²) in [5.41, 5.74) is 20.0. The molecular formula is C44H60N2. The van der Waals surface area contributed by atoms with Gasteiger partial charge in [0, 0.05) is 12.6 Å². The number of fused-ring (bicyclic) bond motifs is 1. The van der Waals surface area contributed by atoms with Crippen LogP contribution >= 0.6 is 0 Å². The standard InChI is InChI=1S/C44H60N2/c1-32(40-29-28-37(20-10-7-15-30-45)42-23-13-14-24-43(40)42)26-27-38(31-46-39-21-11-6-12-22-39)34(3)41-25-16-17-33(2)44(41)35(4)36-18-8-5-9-19-36/h6-7,10-13,15,18,21,23,26-27,30,33-35,39,46H,5,8-9,14,16-17,19-20,22,24-25,28-29,31,45H2,1-4H3/b10-7-,30-15-,32-26+,38-27+. The van der Waals surface area contributed by atoms with Gasteiger partial charge in [-0.3, -0.25) is 0 Å². The van der Waals surface area contributed by atoms with Crippen LogP contribution in [0.3, 0.4) is 0 Å². The number of hydrogen-bond acceptors (Lipinski definition) is 2. The summed E-state index contributed by atoms with van der Waals surface area (Å²) in [5, 5.41) is 3.93. The maximum Gasteiger partial charge on any atom is 0.0290 e. The second-order valence-corrected chi connectivity index (χ2v) is 14.3. The lowest BCUT2D eigenvalue weighted by Gasteiger charge is -2.36. The highest BCUT2D eigenvalue weighted by atomic mass is 14.9. The van der Waals surface area contributed by atoms with E-state index in [4.69, 9.17) is 5.73 Å². The van der Waals surface area contributed by atoms with E-state index >= 15 is 0 Å². The molecule has 246 valence electrons. The molecule has 46 heavy (non-hydrogen) atoms. The molecule has 0 fully saturated rings. The molecule has 0 saturated carbocycles. The summed E-state index contributed by atoms with van der Waals surface area (Å²) in [6, 6.07) is 0.411. The highest BCUT2D eigenvalue weighted by Gasteiger charge is 2.30. The fourth-order valence-corrected chi connectivity index (χ4v) is 8.61. The molecule has 4 atom stereocenters. The molecule has 5 aliphatic carbocycles. The highest BCUT2D eigenvalue weighted by molar-refractivity contribution is 5.56. The van der Waals surface area contributed by atoms with Crippen LogP contribution in [0.4, 0.5) is 0 Å². The summed E-state index contributed by atoms with van der Waals surface area (Å²) in [4.78, 5) is 0. The average molecular weight is 617 g/mol. The van der Waals surface area contributed by atoms with Crippen molar-refractivity contribution in [3.63, 3.8) is 0 Å². The van der Waals surface area contributed by atoms with Crippen molar-refractivity contribution in [3.05, 3.63) is 129 Å². The fourth-order valence-electron chi connectivity index (χ4n) is 8.61. The summed E-state index contributed by atoms with van der Waals surface area (Å²) >= 11 is 0. The van der Waals surface area contributed by atoms with Crippen LogP contribution in [-0.2, 0) is 0 Å². The summed E-state index contributed by atoms with van der Waals surface area (Å²) < 4.78 is 0. The Labute approximate surface area is 281 Å². The van der Waals surface area contributed by atoms with Gasteiger partial charge in [-0.1, -0.05) is 110 Å². The molecule has 5 aliphatic rings. The predicted molar refractivity (Wildman–Crippen MR) is 200 cm³/mol. The van der Waals surface area contributed by atoms with Gasteiger partial charge in [0.2, 0.25) is 0 Å². The van der Waals surface area contributed by atoms with Crippen LogP contribution in [0.15, 0.2) is 129 Å². The number of nitrogens with one attached hydrogen (secondary N) is 1. The largest absolute Gasteiger partial charge is 0.405 e. The van der Waals surface area contributed by atoms with E-state index < -0.39 is 0 Å². The van der Waals surface area contributed by atoms with Crippen molar-refractivity contribution in [3.8, 4) is 0 Å². The zero-order valence-corrected chi connectivity index (χ0v) is 29.3. The van der Waals surface area contributed by atoms with E-state index in [0.717, 1.165) is 45.1 Å². The maximum absolute atomic E-state index is 5.54. The second-order valence-electron chi connectivity index (χ2n) is 14.3. The first-order valence-corrected chi connectivity index (χ1v) is 18.5. The van der Waals surface area contributed by atoms with Crippen LogP contribution in [0.1, 0.15) is 111 Å². The van der Waals surface area contributed by atoms with Crippen LogP contribution in [0.2, 0.25) is 0 Å². The predicted octanol–water partition coefficient (Wildman–Crippen LogP) is 11.4. The SMILES string of the molecule is C/C(=C\C=C(/CNC1C=CC=CC1)C(C)C1=C(C(C)C2=CCCCC2)C(C)CCC1)C1=C2CCC=CC2=C(C/C=C\C=C/N)CC1. The number of rotatable bonds is 12. The van der Waals surface area contributed by atoms with Crippen molar-refractivity contribution in [1.29, 1.82) is 0 Å². The zero-order valence-electron chi connectivity index (χ0n) is 29.3. The Bertz CT molecular complexity index is 1430. The molecule has 4 unspecified atom stereocenters. The Morgan fingerprint density at radius 1 is 0.978 bits per heavy atom. The third kappa shape index (κ3) is 8.62. The van der Waals surface area contributed by atoms with Gasteiger partial charge in [-0.05, 0) is 148 Å². The van der Waals surface area contributed by atoms with Gasteiger partial charge < -0.3 is 11.1 Å². The molecule has 2 heteroatoms. The third-order valence-corrected chi connectivity index (χ3v) is 11.3. The third-order valence-electron chi connectivity index (χ3n) is 11.3. The van der Waals surface area contributed by atoms with E-state index in [2.05, 4.69) is 99.8 Å². The zero-order chi connectivity index (χ0) is 32.3. The first-order chi connectivity index (χ1) is 22.5. The van der Waals surface area contributed by atoms with Crippen molar-refractivity contribution in [1.82, 2.24) is 5.32 Å². The monoisotopic (exact) mass is 616 g/mol. The Morgan fingerprint density at radius 2 is 1.87 bits per heavy atom. The molecule has 0 amide bonds. The lowest BCUT2D eigenvalue weighted by atomic mass is 9.70. The van der Waals surface area contributed by atoms with Crippen molar-refractivity contribution in [2.24, 2.45) is 23.5 Å². The minimum absolute atomic E-state index is 0.411. The minimum atomic E-state index is 0.411. The van der Waals surface area contributed by atoms with E-state index in [9.17, 15) is 0 Å². The number of hydrogen-bond donors (Lipinski definition) is 2. The van der Waals surface area contributed by atoms with E-state index in [0.29, 0.717) is 23.8 Å². The quantitative estimate of drug-likeness (QED) is 0.169. The lowest BCUT2D eigenvalue weighted by Crippen LogP contribution is -2.31. The number of allylic oxidation sites excluding steroid dienone is 18. The Hall–Kier alpha value is -3.10. The Balaban J connectivity index is 1.47. The summed E-state index contributed by atoms with van der Waals surface area (Å²) in [5.74, 6) is 1.71. The van der Waals surface area contributed by atoms with Crippen LogP contribution in [-0.4, -0.2) is 12.6 Å². The van der Waals surface area contributed by atoms with Gasteiger partial charge in [0.15, 0.2) is 0 Å². The maximum atomic E-state index is 5.54. The van der Waals surface area contributed by atoms with Gasteiger partial charge in [0.1, 0.15) is 0 Å². The summed E-state index contributed by atoms with van der Waals surface area (Å²) in [7, 11) is 0. The molecule has 0 radical (unpaired) electrons. The van der Waals surface area contributed by atoms with E-state index in [-0.39, 0.29) is 0 Å². The molecule has 0 bridgehead atoms. The van der Waals surface area contributed by atoms with Crippen molar-refractivity contribution in [2.75, 3.05) is 6.54 Å². The lowest BCUT2D eigenvalue weighted by molar-refractivity contribution is 0.456. The smallest absolute Gasteiger partial charge is 0.0290 e. The first-order valence-electron chi connectivity index (χ1n) is 18.5. The van der Waals surface area contributed by atoms with Crippen LogP contribution in [0.25, 0.3) is 0 Å². The molecule has 3 N–H and O–H groups in total. The Morgan fingerprint density at radius 3 is 2.65 bits per heavy atom. The summed E-state index contributed by atoms with van der Waals surface area (Å²) in [6.45, 7) is 10.8. The molecule has 5 rings (SSSR count). The summed E-state index contributed by atoms with van der Waals surface area (Å²) in [6.07, 6.45) is 45.0. The van der Waals surface area contributed by atoms with Crippen molar-refractivity contribution in [2.45, 2.75) is 117 Å². The van der Waals surface area contributed by atoms with Gasteiger partial charge in [0.25, 0.3) is 0 Å². The van der Waals surface area contributed by atoms with Gasteiger partial charge >= 0.3 is 0 Å². The topological polar surface area (TPSA) is 38.0 Å². The highest BCUT2D eigenvalue weighted by Crippen LogP contribution is 2.44. The molecule has 0 aromatic rings. The van der Waals surface area contributed by atoms with E-state index in [1.54, 1.807) is 39.6 Å². The minimum Gasteiger partial charge on any atom is -0.405 e. The molecule has 0 saturated heterocycles. The van der Waals surface area contributed by atoms with Crippen LogP contribution in [0, 0.1) is 17.8 Å². The fraction of sp³-hybridized carbons (Fsp3) is 0.500. The average Bonchev–Trinajstić information content (AvgIpc) is 3.10. The number of nitrogens with two attached hydrogens (primary N) is 1. The second kappa shape index (κ2) is 17.2. The van der Waals surface area contributed by atoms with Crippen molar-refractivity contribution >= 4 is 0 Å². The molecule has 0 aromatic carbocycles. The normalized spacial score (nSPS) is 26.0. The molecule has 0 spiro atoms. The van der Waals surface area contributed by atoms with Gasteiger partial charge in [0.05, 0.1) is 0 Å². The van der Waals surface area contributed by atoms with Crippen LogP contribution in [0.5, 0.6) is 0 Å². The molecule has 0 aliphatic heterocycles. The van der Waals surface area contributed by atoms with Gasteiger partial charge in [-0.15, -0.1) is 0 Å². The Kier molecular flexibility index (Phi) is 12.8. The molecular weight excluding hydrogens is 556 g/mol. The van der Waals surface area contributed by atoms with Gasteiger partial charge in [-0.2, -0.15) is 0 Å². The van der Waals surface area contributed by atoms with Gasteiger partial charge in [-0.25, -0.2) is 0 Å². The first kappa shape index (κ1) is 34.2. The van der Waals surface area contributed by atoms with E-state index in [1.165, 1.54) is 61.7 Å².